The Bertz CT molecular complexity index is 766. The van der Waals surface area contributed by atoms with Crippen molar-refractivity contribution in [3.63, 3.8) is 0 Å². The van der Waals surface area contributed by atoms with E-state index >= 15 is 0 Å². The molecule has 0 spiro atoms. The zero-order valence-electron chi connectivity index (χ0n) is 15.8. The van der Waals surface area contributed by atoms with Crippen LogP contribution in [-0.2, 0) is 6.54 Å². The van der Waals surface area contributed by atoms with E-state index in [-0.39, 0.29) is 5.54 Å². The topological polar surface area (TPSA) is 15.6 Å². The third-order valence-electron chi connectivity index (χ3n) is 4.68. The van der Waals surface area contributed by atoms with E-state index in [0.717, 1.165) is 19.5 Å². The summed E-state index contributed by atoms with van der Waals surface area (Å²) < 4.78 is 0. The molecule has 2 nitrogen and oxygen atoms in total. The number of anilines is 1. The van der Waals surface area contributed by atoms with E-state index < -0.39 is 0 Å². The lowest BCUT2D eigenvalue weighted by atomic mass is 9.95. The van der Waals surface area contributed by atoms with Gasteiger partial charge < -0.3 is 4.90 Å². The maximum atomic E-state index is 5.05. The van der Waals surface area contributed by atoms with Crippen LogP contribution >= 0.6 is 0 Å². The van der Waals surface area contributed by atoms with Crippen LogP contribution in [0.4, 0.5) is 5.69 Å². The van der Waals surface area contributed by atoms with E-state index in [1.54, 1.807) is 0 Å². The minimum absolute atomic E-state index is 0.0110. The van der Waals surface area contributed by atoms with E-state index in [1.807, 2.05) is 0 Å². The van der Waals surface area contributed by atoms with Crippen molar-refractivity contribution in [2.75, 3.05) is 11.4 Å². The Morgan fingerprint density at radius 1 is 0.920 bits per heavy atom. The molecule has 0 saturated heterocycles. The monoisotopic (exact) mass is 332 g/mol. The van der Waals surface area contributed by atoms with Crippen molar-refractivity contribution in [3.05, 3.63) is 77.4 Å². The van der Waals surface area contributed by atoms with Gasteiger partial charge in [-0.2, -0.15) is 0 Å². The van der Waals surface area contributed by atoms with Gasteiger partial charge in [0.1, 0.15) is 0 Å². The van der Waals surface area contributed by atoms with Crippen molar-refractivity contribution < 1.29 is 0 Å². The lowest BCUT2D eigenvalue weighted by Crippen LogP contribution is -2.29. The van der Waals surface area contributed by atoms with Crippen molar-refractivity contribution in [1.29, 1.82) is 0 Å². The summed E-state index contributed by atoms with van der Waals surface area (Å²) in [4.78, 5) is 7.48. The largest absolute Gasteiger partial charge is 0.361 e. The molecule has 2 aromatic carbocycles. The van der Waals surface area contributed by atoms with Crippen LogP contribution in [0.5, 0.6) is 0 Å². The predicted octanol–water partition coefficient (Wildman–Crippen LogP) is 5.65. The molecule has 0 N–H and O–H groups in total. The molecule has 0 saturated carbocycles. The summed E-state index contributed by atoms with van der Waals surface area (Å²) in [6, 6.07) is 21.3. The number of rotatable bonds is 5. The van der Waals surface area contributed by atoms with Crippen LogP contribution in [0.1, 0.15) is 39.7 Å². The van der Waals surface area contributed by atoms with Crippen molar-refractivity contribution in [3.8, 4) is 0 Å². The second-order valence-electron chi connectivity index (χ2n) is 7.70. The van der Waals surface area contributed by atoms with E-state index in [1.165, 1.54) is 28.1 Å². The highest BCUT2D eigenvalue weighted by Crippen LogP contribution is 2.32. The van der Waals surface area contributed by atoms with Gasteiger partial charge in [-0.1, -0.05) is 54.1 Å². The summed E-state index contributed by atoms with van der Waals surface area (Å²) >= 11 is 0. The number of para-hydroxylation sites is 1. The molecule has 0 atom stereocenters. The van der Waals surface area contributed by atoms with E-state index in [4.69, 9.17) is 4.99 Å². The molecule has 1 aliphatic heterocycles. The van der Waals surface area contributed by atoms with Crippen LogP contribution in [0.25, 0.3) is 0 Å². The Morgan fingerprint density at radius 3 is 2.12 bits per heavy atom. The molecular formula is C23H28N2. The molecule has 130 valence electrons. The standard InChI is InChI=1S/C23H28N2/c1-18(2)21-15-23(3,4)24-22(21)17-25(20-13-9-6-10-14-20)16-19-11-7-5-8-12-19/h5-14H,15-17H2,1-4H3. The molecule has 25 heavy (non-hydrogen) atoms. The summed E-state index contributed by atoms with van der Waals surface area (Å²) in [5.74, 6) is 0. The molecule has 0 fully saturated rings. The van der Waals surface area contributed by atoms with Crippen molar-refractivity contribution >= 4 is 11.4 Å². The molecule has 2 heteroatoms. The van der Waals surface area contributed by atoms with E-state index in [9.17, 15) is 0 Å². The average molecular weight is 332 g/mol. The Hall–Kier alpha value is -2.35. The van der Waals surface area contributed by atoms with Gasteiger partial charge in [0.2, 0.25) is 0 Å². The molecule has 0 amide bonds. The van der Waals surface area contributed by atoms with Gasteiger partial charge in [0, 0.05) is 12.2 Å². The zero-order valence-corrected chi connectivity index (χ0v) is 15.8. The number of benzene rings is 2. The fourth-order valence-corrected chi connectivity index (χ4v) is 3.47. The minimum Gasteiger partial charge on any atom is -0.361 e. The third-order valence-corrected chi connectivity index (χ3v) is 4.68. The number of allylic oxidation sites excluding steroid dienone is 1. The normalized spacial score (nSPS) is 15.8. The SMILES string of the molecule is CC(C)=C1CC(C)(C)N=C1CN(Cc1ccccc1)c1ccccc1. The quantitative estimate of drug-likeness (QED) is 0.690. The van der Waals surface area contributed by atoms with Gasteiger partial charge in [-0.05, 0) is 57.4 Å². The molecule has 0 aromatic heterocycles. The lowest BCUT2D eigenvalue weighted by Gasteiger charge is -2.26. The Kier molecular flexibility index (Phi) is 5.08. The Balaban J connectivity index is 1.91. The molecular weight excluding hydrogens is 304 g/mol. The van der Waals surface area contributed by atoms with Gasteiger partial charge in [0.15, 0.2) is 0 Å². The van der Waals surface area contributed by atoms with Gasteiger partial charge in [0.05, 0.1) is 17.8 Å². The maximum Gasteiger partial charge on any atom is 0.0604 e. The van der Waals surface area contributed by atoms with Gasteiger partial charge in [-0.25, -0.2) is 0 Å². The second-order valence-corrected chi connectivity index (χ2v) is 7.70. The van der Waals surface area contributed by atoms with Crippen LogP contribution in [0.2, 0.25) is 0 Å². The fourth-order valence-electron chi connectivity index (χ4n) is 3.47. The van der Waals surface area contributed by atoms with Gasteiger partial charge in [-0.15, -0.1) is 0 Å². The zero-order chi connectivity index (χ0) is 17.9. The fraction of sp³-hybridized carbons (Fsp3) is 0.348. The molecule has 0 bridgehead atoms. The number of nitrogens with zero attached hydrogens (tertiary/aromatic N) is 2. The summed E-state index contributed by atoms with van der Waals surface area (Å²) in [5.41, 5.74) is 6.63. The van der Waals surface area contributed by atoms with Gasteiger partial charge in [-0.3, -0.25) is 4.99 Å². The number of hydrogen-bond acceptors (Lipinski definition) is 2. The van der Waals surface area contributed by atoms with Crippen LogP contribution in [-0.4, -0.2) is 17.8 Å². The molecule has 0 radical (unpaired) electrons. The number of aliphatic imine (C=N–C) groups is 1. The molecule has 1 aliphatic rings. The Morgan fingerprint density at radius 2 is 1.52 bits per heavy atom. The van der Waals surface area contributed by atoms with E-state index in [0.29, 0.717) is 0 Å². The van der Waals surface area contributed by atoms with E-state index in [2.05, 4.69) is 93.3 Å². The predicted molar refractivity (Wildman–Crippen MR) is 108 cm³/mol. The molecule has 2 aromatic rings. The first kappa shape index (κ1) is 17.5. The molecule has 0 unspecified atom stereocenters. The smallest absolute Gasteiger partial charge is 0.0604 e. The minimum atomic E-state index is 0.0110. The highest BCUT2D eigenvalue weighted by Gasteiger charge is 2.30. The lowest BCUT2D eigenvalue weighted by molar-refractivity contribution is 0.545. The second kappa shape index (κ2) is 7.26. The highest BCUT2D eigenvalue weighted by molar-refractivity contribution is 6.05. The Labute approximate surface area is 151 Å². The van der Waals surface area contributed by atoms with Crippen molar-refractivity contribution in [1.82, 2.24) is 0 Å². The van der Waals surface area contributed by atoms with Crippen LogP contribution in [0.3, 0.4) is 0 Å². The molecule has 3 rings (SSSR count). The van der Waals surface area contributed by atoms with Crippen molar-refractivity contribution in [2.24, 2.45) is 4.99 Å². The highest BCUT2D eigenvalue weighted by atomic mass is 15.1. The summed E-state index contributed by atoms with van der Waals surface area (Å²) in [7, 11) is 0. The van der Waals surface area contributed by atoms with Gasteiger partial charge in [0.25, 0.3) is 0 Å². The average Bonchev–Trinajstić information content (AvgIpc) is 2.91. The summed E-state index contributed by atoms with van der Waals surface area (Å²) in [6.45, 7) is 10.6. The first-order valence-corrected chi connectivity index (χ1v) is 9.04. The first-order valence-electron chi connectivity index (χ1n) is 9.04. The van der Waals surface area contributed by atoms with Gasteiger partial charge >= 0.3 is 0 Å². The third kappa shape index (κ3) is 4.39. The number of hydrogen-bond donors (Lipinski definition) is 0. The van der Waals surface area contributed by atoms with Crippen LogP contribution < -0.4 is 4.90 Å². The van der Waals surface area contributed by atoms with Crippen LogP contribution in [0.15, 0.2) is 76.8 Å². The van der Waals surface area contributed by atoms with Crippen molar-refractivity contribution in [2.45, 2.75) is 46.2 Å². The maximum absolute atomic E-state index is 5.05. The summed E-state index contributed by atoms with van der Waals surface area (Å²) in [6.07, 6.45) is 1.04. The molecule has 1 heterocycles. The molecule has 0 aliphatic carbocycles. The summed E-state index contributed by atoms with van der Waals surface area (Å²) in [5, 5.41) is 0. The van der Waals surface area contributed by atoms with Crippen LogP contribution in [0, 0.1) is 0 Å². The first-order chi connectivity index (χ1) is 11.9.